The quantitative estimate of drug-likeness (QED) is 0.736. The zero-order chi connectivity index (χ0) is 10.7. The topological polar surface area (TPSA) is 22.1 Å². The molecule has 0 bridgehead atoms. The number of nitrogens with zero attached hydrogens (tertiary/aromatic N) is 1. The lowest BCUT2D eigenvalue weighted by atomic mass is 10.2. The molecule has 1 aliphatic carbocycles. The molecular weight excluding hydrogens is 210 g/mol. The Labute approximate surface area is 95.6 Å². The van der Waals surface area contributed by atoms with Gasteiger partial charge in [-0.05, 0) is 44.2 Å². The van der Waals surface area contributed by atoms with Gasteiger partial charge in [-0.3, -0.25) is 0 Å². The van der Waals surface area contributed by atoms with E-state index >= 15 is 0 Å². The minimum atomic E-state index is 0.363. The maximum atomic E-state index is 5.83. The van der Waals surface area contributed by atoms with Crippen LogP contribution in [0.5, 0.6) is 5.88 Å². The Bertz CT molecular complexity index is 334. The highest BCUT2D eigenvalue weighted by Crippen LogP contribution is 2.24. The van der Waals surface area contributed by atoms with Gasteiger partial charge in [-0.25, -0.2) is 4.98 Å². The zero-order valence-electron chi connectivity index (χ0n) is 9.00. The second kappa shape index (κ2) is 4.84. The average molecular weight is 226 g/mol. The second-order valence-electron chi connectivity index (χ2n) is 4.11. The number of pyridine rings is 1. The van der Waals surface area contributed by atoms with Gasteiger partial charge in [0.2, 0.25) is 5.88 Å². The monoisotopic (exact) mass is 225 g/mol. The van der Waals surface area contributed by atoms with Gasteiger partial charge in [-0.1, -0.05) is 0 Å². The van der Waals surface area contributed by atoms with Gasteiger partial charge in [0.05, 0.1) is 0 Å². The third-order valence-corrected chi connectivity index (χ3v) is 3.04. The van der Waals surface area contributed by atoms with E-state index in [9.17, 15) is 0 Å². The average Bonchev–Trinajstić information content (AvgIpc) is 2.69. The van der Waals surface area contributed by atoms with E-state index in [1.807, 2.05) is 19.1 Å². The van der Waals surface area contributed by atoms with E-state index in [0.717, 1.165) is 30.0 Å². The van der Waals surface area contributed by atoms with E-state index in [0.29, 0.717) is 12.0 Å². The molecule has 0 saturated heterocycles. The second-order valence-corrected chi connectivity index (χ2v) is 4.38. The normalized spacial score (nSPS) is 16.9. The summed E-state index contributed by atoms with van der Waals surface area (Å²) in [5.74, 6) is 1.25. The van der Waals surface area contributed by atoms with Gasteiger partial charge in [-0.2, -0.15) is 0 Å². The maximum Gasteiger partial charge on any atom is 0.214 e. The lowest BCUT2D eigenvalue weighted by Crippen LogP contribution is -2.12. The fourth-order valence-corrected chi connectivity index (χ4v) is 2.18. The molecule has 1 fully saturated rings. The smallest absolute Gasteiger partial charge is 0.214 e. The Balaban J connectivity index is 2.09. The first kappa shape index (κ1) is 10.7. The van der Waals surface area contributed by atoms with Gasteiger partial charge >= 0.3 is 0 Å². The van der Waals surface area contributed by atoms with E-state index in [4.69, 9.17) is 16.3 Å². The molecule has 1 aliphatic rings. The van der Waals surface area contributed by atoms with Crippen LogP contribution in [0, 0.1) is 6.92 Å². The number of halogens is 1. The number of hydrogen-bond acceptors (Lipinski definition) is 2. The molecule has 2 nitrogen and oxygen atoms in total. The molecule has 82 valence electrons. The fraction of sp³-hybridized carbons (Fsp3) is 0.583. The molecule has 0 aliphatic heterocycles. The molecule has 0 N–H and O–H groups in total. The number of hydrogen-bond donors (Lipinski definition) is 0. The minimum Gasteiger partial charge on any atom is -0.474 e. The van der Waals surface area contributed by atoms with Crippen molar-refractivity contribution < 1.29 is 4.74 Å². The molecule has 0 aromatic carbocycles. The highest BCUT2D eigenvalue weighted by Gasteiger charge is 2.17. The zero-order valence-corrected chi connectivity index (χ0v) is 9.76. The van der Waals surface area contributed by atoms with Gasteiger partial charge in [-0.15, -0.1) is 11.6 Å². The molecule has 1 aromatic rings. The molecule has 15 heavy (non-hydrogen) atoms. The first-order valence-corrected chi connectivity index (χ1v) is 6.01. The van der Waals surface area contributed by atoms with E-state index in [1.54, 1.807) is 0 Å². The van der Waals surface area contributed by atoms with Gasteiger partial charge in [0, 0.05) is 17.6 Å². The highest BCUT2D eigenvalue weighted by atomic mass is 35.5. The number of ether oxygens (including phenoxy) is 1. The molecule has 2 rings (SSSR count). The fourth-order valence-electron chi connectivity index (χ4n) is 2.02. The van der Waals surface area contributed by atoms with Crippen molar-refractivity contribution >= 4 is 11.6 Å². The lowest BCUT2D eigenvalue weighted by molar-refractivity contribution is 0.201. The van der Waals surface area contributed by atoms with E-state index < -0.39 is 0 Å². The molecule has 0 unspecified atom stereocenters. The van der Waals surface area contributed by atoms with Crippen molar-refractivity contribution in [3.05, 3.63) is 23.4 Å². The molecule has 1 aromatic heterocycles. The third-order valence-electron chi connectivity index (χ3n) is 2.73. The minimum absolute atomic E-state index is 0.363. The summed E-state index contributed by atoms with van der Waals surface area (Å²) in [6, 6.07) is 3.94. The van der Waals surface area contributed by atoms with Crippen LogP contribution < -0.4 is 4.74 Å². The number of aryl methyl sites for hydroxylation is 1. The van der Waals surface area contributed by atoms with E-state index in [-0.39, 0.29) is 0 Å². The Morgan fingerprint density at radius 1 is 1.40 bits per heavy atom. The van der Waals surface area contributed by atoms with Crippen molar-refractivity contribution in [1.82, 2.24) is 4.98 Å². The molecule has 0 spiro atoms. The standard InChI is InChI=1S/C12H16ClNO/c1-9-6-10(8-13)7-12(14-9)15-11-4-2-3-5-11/h6-7,11H,2-5,8H2,1H3. The largest absolute Gasteiger partial charge is 0.474 e. The molecule has 0 atom stereocenters. The third kappa shape index (κ3) is 2.85. The maximum absolute atomic E-state index is 5.83. The SMILES string of the molecule is Cc1cc(CCl)cc(OC2CCCC2)n1. The summed E-state index contributed by atoms with van der Waals surface area (Å²) in [6.45, 7) is 1.97. The number of aromatic nitrogens is 1. The number of alkyl halides is 1. The van der Waals surface area contributed by atoms with E-state index in [2.05, 4.69) is 4.98 Å². The summed E-state index contributed by atoms with van der Waals surface area (Å²) >= 11 is 5.80. The van der Waals surface area contributed by atoms with Crippen LogP contribution >= 0.6 is 11.6 Å². The van der Waals surface area contributed by atoms with Crippen LogP contribution in [0.3, 0.4) is 0 Å². The molecule has 0 radical (unpaired) electrons. The summed E-state index contributed by atoms with van der Waals surface area (Å²) in [6.07, 6.45) is 5.23. The van der Waals surface area contributed by atoms with Gasteiger partial charge in [0.15, 0.2) is 0 Å². The lowest BCUT2D eigenvalue weighted by Gasteiger charge is -2.13. The first-order valence-electron chi connectivity index (χ1n) is 5.48. The van der Waals surface area contributed by atoms with E-state index in [1.165, 1.54) is 12.8 Å². The highest BCUT2D eigenvalue weighted by molar-refractivity contribution is 6.17. The Morgan fingerprint density at radius 2 is 2.13 bits per heavy atom. The predicted molar refractivity (Wildman–Crippen MR) is 61.4 cm³/mol. The molecule has 1 heterocycles. The van der Waals surface area contributed by atoms with Gasteiger partial charge in [0.25, 0.3) is 0 Å². The van der Waals surface area contributed by atoms with Crippen LogP contribution in [0.2, 0.25) is 0 Å². The van der Waals surface area contributed by atoms with Crippen LogP contribution in [0.25, 0.3) is 0 Å². The van der Waals surface area contributed by atoms with Crippen molar-refractivity contribution in [2.45, 2.75) is 44.6 Å². The van der Waals surface area contributed by atoms with Crippen molar-refractivity contribution in [2.24, 2.45) is 0 Å². The van der Waals surface area contributed by atoms with Crippen molar-refractivity contribution in [2.75, 3.05) is 0 Å². The Kier molecular flexibility index (Phi) is 3.47. The van der Waals surface area contributed by atoms with Crippen LogP contribution in [0.1, 0.15) is 36.9 Å². The predicted octanol–water partition coefficient (Wildman–Crippen LogP) is 3.45. The van der Waals surface area contributed by atoms with Gasteiger partial charge < -0.3 is 4.74 Å². The summed E-state index contributed by atoms with van der Waals surface area (Å²) in [5.41, 5.74) is 2.05. The molecular formula is C12H16ClNO. The summed E-state index contributed by atoms with van der Waals surface area (Å²) in [4.78, 5) is 4.36. The summed E-state index contributed by atoms with van der Waals surface area (Å²) in [7, 11) is 0. The van der Waals surface area contributed by atoms with Crippen LogP contribution in [-0.2, 0) is 5.88 Å². The number of rotatable bonds is 3. The summed E-state index contributed by atoms with van der Waals surface area (Å²) < 4.78 is 5.83. The molecule has 3 heteroatoms. The van der Waals surface area contributed by atoms with Crippen LogP contribution in [0.4, 0.5) is 0 Å². The van der Waals surface area contributed by atoms with Gasteiger partial charge in [0.1, 0.15) is 6.10 Å². The summed E-state index contributed by atoms with van der Waals surface area (Å²) in [5, 5.41) is 0. The Hall–Kier alpha value is -0.760. The van der Waals surface area contributed by atoms with Crippen molar-refractivity contribution in [3.8, 4) is 5.88 Å². The first-order chi connectivity index (χ1) is 7.28. The molecule has 0 amide bonds. The van der Waals surface area contributed by atoms with Crippen LogP contribution in [0.15, 0.2) is 12.1 Å². The Morgan fingerprint density at radius 3 is 2.80 bits per heavy atom. The molecule has 1 saturated carbocycles. The van der Waals surface area contributed by atoms with Crippen molar-refractivity contribution in [3.63, 3.8) is 0 Å². The van der Waals surface area contributed by atoms with Crippen molar-refractivity contribution in [1.29, 1.82) is 0 Å². The van der Waals surface area contributed by atoms with Crippen LogP contribution in [-0.4, -0.2) is 11.1 Å².